The molecule has 3 aromatic rings. The van der Waals surface area contributed by atoms with Crippen LogP contribution in [0, 0.1) is 0 Å². The Morgan fingerprint density at radius 2 is 2.12 bits per heavy atom. The summed E-state index contributed by atoms with van der Waals surface area (Å²) in [5.41, 5.74) is 1.42. The zero-order valence-corrected chi connectivity index (χ0v) is 14.6. The molecule has 1 aromatic heterocycles. The minimum Gasteiger partial charge on any atom is -0.455 e. The smallest absolute Gasteiger partial charge is 0.261 e. The second-order valence-electron chi connectivity index (χ2n) is 6.42. The molecule has 0 amide bonds. The van der Waals surface area contributed by atoms with Gasteiger partial charge in [-0.2, -0.15) is 0 Å². The van der Waals surface area contributed by atoms with Crippen LogP contribution < -0.4 is 15.2 Å². The molecule has 0 saturated carbocycles. The highest BCUT2D eigenvalue weighted by molar-refractivity contribution is 5.79. The third kappa shape index (κ3) is 3.03. The summed E-state index contributed by atoms with van der Waals surface area (Å²) in [6.07, 6.45) is 1.29. The largest absolute Gasteiger partial charge is 0.455 e. The number of aromatic nitrogens is 2. The minimum absolute atomic E-state index is 0.0870. The first-order valence-electron chi connectivity index (χ1n) is 8.81. The molecule has 0 aliphatic carbocycles. The quantitative estimate of drug-likeness (QED) is 0.717. The number of hydrogen-bond acceptors (Lipinski definition) is 4. The average Bonchev–Trinajstić information content (AvgIpc) is 3.09. The van der Waals surface area contributed by atoms with Crippen molar-refractivity contribution < 1.29 is 9.13 Å². The molecule has 6 heteroatoms. The van der Waals surface area contributed by atoms with E-state index in [9.17, 15) is 9.18 Å². The Balaban J connectivity index is 1.70. The van der Waals surface area contributed by atoms with Crippen LogP contribution in [0.1, 0.15) is 13.3 Å². The number of aryl methyl sites for hydroxylation is 1. The van der Waals surface area contributed by atoms with Gasteiger partial charge in [0, 0.05) is 19.6 Å². The average molecular weight is 353 g/mol. The van der Waals surface area contributed by atoms with Gasteiger partial charge >= 0.3 is 0 Å². The third-order valence-corrected chi connectivity index (χ3v) is 4.70. The lowest BCUT2D eigenvalue weighted by atomic mass is 10.2. The summed E-state index contributed by atoms with van der Waals surface area (Å²) in [6.45, 7) is 3.52. The van der Waals surface area contributed by atoms with Gasteiger partial charge in [-0.1, -0.05) is 12.1 Å². The molecule has 1 aliphatic rings. The van der Waals surface area contributed by atoms with Crippen molar-refractivity contribution in [2.45, 2.75) is 26.1 Å². The molecule has 2 aromatic carbocycles. The van der Waals surface area contributed by atoms with Gasteiger partial charge < -0.3 is 9.64 Å². The van der Waals surface area contributed by atoms with E-state index in [4.69, 9.17) is 4.74 Å². The molecule has 0 bridgehead atoms. The number of anilines is 1. The van der Waals surface area contributed by atoms with Crippen LogP contribution in [-0.4, -0.2) is 28.8 Å². The predicted molar refractivity (Wildman–Crippen MR) is 99.9 cm³/mol. The third-order valence-electron chi connectivity index (χ3n) is 4.70. The monoisotopic (exact) mass is 353 g/mol. The van der Waals surface area contributed by atoms with E-state index in [2.05, 4.69) is 4.98 Å². The van der Waals surface area contributed by atoms with Gasteiger partial charge in [-0.05, 0) is 43.7 Å². The first-order valence-corrected chi connectivity index (χ1v) is 8.81. The number of ether oxygens (including phenoxy) is 1. The van der Waals surface area contributed by atoms with Crippen LogP contribution >= 0.6 is 0 Å². The zero-order valence-electron chi connectivity index (χ0n) is 14.6. The lowest BCUT2D eigenvalue weighted by molar-refractivity contribution is 0.364. The van der Waals surface area contributed by atoms with Crippen LogP contribution in [-0.2, 0) is 6.54 Å². The van der Waals surface area contributed by atoms with Crippen LogP contribution in [0.4, 0.5) is 10.1 Å². The summed E-state index contributed by atoms with van der Waals surface area (Å²) in [7, 11) is 0. The highest BCUT2D eigenvalue weighted by Gasteiger charge is 2.24. The van der Waals surface area contributed by atoms with E-state index in [0.717, 1.165) is 5.69 Å². The van der Waals surface area contributed by atoms with Crippen molar-refractivity contribution in [1.82, 2.24) is 9.55 Å². The van der Waals surface area contributed by atoms with Crippen molar-refractivity contribution in [1.29, 1.82) is 0 Å². The van der Waals surface area contributed by atoms with E-state index in [1.54, 1.807) is 29.1 Å². The fourth-order valence-electron chi connectivity index (χ4n) is 3.29. The molecule has 5 nitrogen and oxygen atoms in total. The second kappa shape index (κ2) is 6.78. The topological polar surface area (TPSA) is 47.4 Å². The van der Waals surface area contributed by atoms with Crippen molar-refractivity contribution >= 4 is 16.6 Å². The van der Waals surface area contributed by atoms with Gasteiger partial charge in [0.25, 0.3) is 5.56 Å². The van der Waals surface area contributed by atoms with E-state index >= 15 is 0 Å². The van der Waals surface area contributed by atoms with Crippen molar-refractivity contribution in [2.75, 3.05) is 18.0 Å². The van der Waals surface area contributed by atoms with E-state index in [0.29, 0.717) is 48.5 Å². The Morgan fingerprint density at radius 3 is 2.88 bits per heavy atom. The summed E-state index contributed by atoms with van der Waals surface area (Å²) in [5, 5.41) is 0.523. The fraction of sp³-hybridized carbons (Fsp3) is 0.300. The number of halogens is 1. The summed E-state index contributed by atoms with van der Waals surface area (Å²) in [5.74, 6) is 1.22. The highest BCUT2D eigenvalue weighted by atomic mass is 19.1. The first kappa shape index (κ1) is 16.6. The Hall–Kier alpha value is -2.89. The number of nitrogens with zero attached hydrogens (tertiary/aromatic N) is 3. The van der Waals surface area contributed by atoms with Crippen molar-refractivity contribution in [3.8, 4) is 11.5 Å². The van der Waals surface area contributed by atoms with E-state index in [1.807, 2.05) is 36.1 Å². The molecular weight excluding hydrogens is 333 g/mol. The Labute approximate surface area is 150 Å². The zero-order chi connectivity index (χ0) is 18.1. The molecule has 4 rings (SSSR count). The molecule has 0 N–H and O–H groups in total. The van der Waals surface area contributed by atoms with E-state index in [1.165, 1.54) is 0 Å². The van der Waals surface area contributed by atoms with Crippen molar-refractivity contribution in [2.24, 2.45) is 0 Å². The number of hydrogen-bond donors (Lipinski definition) is 0. The molecular formula is C20H20FN3O2. The molecule has 26 heavy (non-hydrogen) atoms. The first-order chi connectivity index (χ1) is 12.7. The molecule has 1 saturated heterocycles. The molecule has 1 fully saturated rings. The highest BCUT2D eigenvalue weighted by Crippen LogP contribution is 2.34. The number of benzene rings is 2. The maximum atomic E-state index is 13.6. The number of alkyl halides is 1. The Bertz CT molecular complexity index is 1000. The van der Waals surface area contributed by atoms with Crippen LogP contribution in [0.5, 0.6) is 11.5 Å². The molecule has 1 unspecified atom stereocenters. The van der Waals surface area contributed by atoms with Gasteiger partial charge in [0.15, 0.2) is 5.75 Å². The minimum atomic E-state index is -0.803. The summed E-state index contributed by atoms with van der Waals surface area (Å²) < 4.78 is 21.2. The lowest BCUT2D eigenvalue weighted by Crippen LogP contribution is -2.20. The molecule has 2 heterocycles. The maximum absolute atomic E-state index is 13.6. The number of para-hydroxylation sites is 2. The van der Waals surface area contributed by atoms with Gasteiger partial charge in [-0.25, -0.2) is 9.37 Å². The SMILES string of the molecule is CCn1cnc2ccc(Oc3ccccc3N3CCC(F)C3)cc2c1=O. The molecule has 134 valence electrons. The van der Waals surface area contributed by atoms with Gasteiger partial charge in [0.1, 0.15) is 11.9 Å². The fourth-order valence-corrected chi connectivity index (χ4v) is 3.29. The number of rotatable bonds is 4. The van der Waals surface area contributed by atoms with Crippen molar-refractivity contribution in [3.05, 3.63) is 59.1 Å². The molecule has 1 aliphatic heterocycles. The summed E-state index contributed by atoms with van der Waals surface area (Å²) in [4.78, 5) is 18.8. The van der Waals surface area contributed by atoms with E-state index < -0.39 is 6.17 Å². The lowest BCUT2D eigenvalue weighted by Gasteiger charge is -2.21. The van der Waals surface area contributed by atoms with Gasteiger partial charge in [-0.3, -0.25) is 9.36 Å². The molecule has 0 spiro atoms. The van der Waals surface area contributed by atoms with Crippen LogP contribution in [0.3, 0.4) is 0 Å². The Kier molecular flexibility index (Phi) is 4.32. The van der Waals surface area contributed by atoms with Gasteiger partial charge in [0.05, 0.1) is 22.9 Å². The second-order valence-corrected chi connectivity index (χ2v) is 6.42. The summed E-state index contributed by atoms with van der Waals surface area (Å²) in [6, 6.07) is 12.9. The van der Waals surface area contributed by atoms with Crippen LogP contribution in [0.15, 0.2) is 53.6 Å². The van der Waals surface area contributed by atoms with Gasteiger partial charge in [0.2, 0.25) is 0 Å². The molecule has 0 radical (unpaired) electrons. The Morgan fingerprint density at radius 1 is 1.27 bits per heavy atom. The maximum Gasteiger partial charge on any atom is 0.261 e. The van der Waals surface area contributed by atoms with Crippen LogP contribution in [0.25, 0.3) is 10.9 Å². The van der Waals surface area contributed by atoms with Crippen molar-refractivity contribution in [3.63, 3.8) is 0 Å². The van der Waals surface area contributed by atoms with Crippen LogP contribution in [0.2, 0.25) is 0 Å². The normalized spacial score (nSPS) is 17.0. The van der Waals surface area contributed by atoms with Gasteiger partial charge in [-0.15, -0.1) is 0 Å². The molecule has 1 atom stereocenters. The predicted octanol–water partition coefficient (Wildman–Crippen LogP) is 3.76. The van der Waals surface area contributed by atoms with E-state index in [-0.39, 0.29) is 5.56 Å². The summed E-state index contributed by atoms with van der Waals surface area (Å²) >= 11 is 0. The standard InChI is InChI=1S/C20H20FN3O2/c1-2-23-13-22-17-8-7-15(11-16(17)20(23)25)26-19-6-4-3-5-18(19)24-10-9-14(21)12-24/h3-8,11,13-14H,2,9-10,12H2,1H3. The number of fused-ring (bicyclic) bond motifs is 1.